The summed E-state index contributed by atoms with van der Waals surface area (Å²) in [4.78, 5) is 8.71. The molecule has 45 heavy (non-hydrogen) atoms. The predicted molar refractivity (Wildman–Crippen MR) is 193 cm³/mol. The Labute approximate surface area is 281 Å². The zero-order valence-electron chi connectivity index (χ0n) is 26.2. The summed E-state index contributed by atoms with van der Waals surface area (Å²) in [5.41, 5.74) is 11.3. The van der Waals surface area contributed by atoms with Crippen LogP contribution in [-0.4, -0.2) is 29.4 Å². The quantitative estimate of drug-likeness (QED) is 0.140. The summed E-state index contributed by atoms with van der Waals surface area (Å²) in [7, 11) is 2.80. The summed E-state index contributed by atoms with van der Waals surface area (Å²) in [6.07, 6.45) is 15.1. The van der Waals surface area contributed by atoms with Crippen LogP contribution in [0.4, 0.5) is 24.9 Å². The third kappa shape index (κ3) is 17.6. The number of benzene rings is 2. The molecule has 248 valence electrons. The van der Waals surface area contributed by atoms with Crippen molar-refractivity contribution in [2.24, 2.45) is 11.7 Å². The van der Waals surface area contributed by atoms with Crippen molar-refractivity contribution in [2.75, 3.05) is 24.6 Å². The second kappa shape index (κ2) is 22.0. The number of hydrogen-bond donors (Lipinski definition) is 4. The third-order valence-electron chi connectivity index (χ3n) is 6.36. The van der Waals surface area contributed by atoms with E-state index in [1.807, 2.05) is 18.2 Å². The number of hydrogen-bond acceptors (Lipinski definition) is 7. The maximum Gasteiger partial charge on any atom is 0.408 e. The van der Waals surface area contributed by atoms with E-state index in [1.165, 1.54) is 66.6 Å². The molecule has 0 bridgehead atoms. The smallest absolute Gasteiger partial charge is 0.408 e. The van der Waals surface area contributed by atoms with E-state index in [1.54, 1.807) is 24.3 Å². The van der Waals surface area contributed by atoms with E-state index in [0.29, 0.717) is 27.1 Å². The van der Waals surface area contributed by atoms with Gasteiger partial charge in [0.15, 0.2) is 0 Å². The summed E-state index contributed by atoms with van der Waals surface area (Å²) in [6, 6.07) is 11.2. The van der Waals surface area contributed by atoms with Gasteiger partial charge in [0.05, 0.1) is 5.35 Å². The monoisotopic (exact) mass is 727 g/mol. The van der Waals surface area contributed by atoms with Crippen LogP contribution < -0.4 is 32.1 Å². The van der Waals surface area contributed by atoms with E-state index >= 15 is 0 Å². The van der Waals surface area contributed by atoms with Crippen molar-refractivity contribution >= 4 is 62.2 Å². The SMILES string of the molecule is C=c1nc(N)nc(NCCc2ccc(F)cc2)/c1=C/C=C\CC.CC1CCCCC1.CN.FC(F)(P)Oc1cc(Br)ccc1S. The predicted octanol–water partition coefficient (Wildman–Crippen LogP) is 7.71. The molecule has 1 heterocycles. The molecule has 2 aromatic carbocycles. The Hall–Kier alpha value is -2.59. The highest BCUT2D eigenvalue weighted by molar-refractivity contribution is 9.10. The van der Waals surface area contributed by atoms with Gasteiger partial charge in [-0.05, 0) is 77.0 Å². The molecule has 1 saturated carbocycles. The number of rotatable bonds is 8. The molecule has 6 nitrogen and oxygen atoms in total. The molecule has 1 aliphatic rings. The van der Waals surface area contributed by atoms with Gasteiger partial charge in [-0.1, -0.05) is 92.7 Å². The van der Waals surface area contributed by atoms with Gasteiger partial charge in [0.25, 0.3) is 0 Å². The Balaban J connectivity index is 0.000000384. The van der Waals surface area contributed by atoms with E-state index in [-0.39, 0.29) is 17.5 Å². The van der Waals surface area contributed by atoms with Crippen LogP contribution in [0.15, 0.2) is 64.0 Å². The molecule has 1 aliphatic carbocycles. The Bertz CT molecular complexity index is 1420. The first kappa shape index (κ1) is 40.4. The molecular formula is C33H46BrF3N5OPS. The van der Waals surface area contributed by atoms with Crippen LogP contribution in [0.25, 0.3) is 12.7 Å². The van der Waals surface area contributed by atoms with Crippen LogP contribution >= 0.6 is 37.8 Å². The molecule has 0 saturated heterocycles. The minimum atomic E-state index is -3.27. The maximum atomic E-state index is 12.9. The van der Waals surface area contributed by atoms with Crippen LogP contribution in [0, 0.1) is 11.7 Å². The Morgan fingerprint density at radius 3 is 2.33 bits per heavy atom. The topological polar surface area (TPSA) is 99.1 Å². The van der Waals surface area contributed by atoms with Crippen molar-refractivity contribution in [1.82, 2.24) is 9.97 Å². The van der Waals surface area contributed by atoms with E-state index in [0.717, 1.165) is 29.5 Å². The van der Waals surface area contributed by atoms with Gasteiger partial charge < -0.3 is 21.5 Å². The van der Waals surface area contributed by atoms with Crippen molar-refractivity contribution in [3.63, 3.8) is 0 Å². The highest BCUT2D eigenvalue weighted by atomic mass is 79.9. The molecular weight excluding hydrogens is 682 g/mol. The number of nitrogen functional groups attached to an aromatic ring is 1. The van der Waals surface area contributed by atoms with Gasteiger partial charge in [-0.25, -0.2) is 9.37 Å². The molecule has 1 unspecified atom stereocenters. The molecule has 1 fully saturated rings. The van der Waals surface area contributed by atoms with Crippen LogP contribution in [0.2, 0.25) is 0 Å². The first-order chi connectivity index (χ1) is 21.4. The highest BCUT2D eigenvalue weighted by Gasteiger charge is 2.24. The lowest BCUT2D eigenvalue weighted by Crippen LogP contribution is -2.32. The molecule has 0 aliphatic heterocycles. The minimum Gasteiger partial charge on any atom is -0.429 e. The summed E-state index contributed by atoms with van der Waals surface area (Å²) in [5.74, 6) is -1.57. The third-order valence-corrected chi connectivity index (χ3v) is 7.34. The van der Waals surface area contributed by atoms with Gasteiger partial charge in [-0.2, -0.15) is 13.8 Å². The van der Waals surface area contributed by atoms with Crippen LogP contribution in [0.1, 0.15) is 57.9 Å². The second-order valence-electron chi connectivity index (χ2n) is 10.1. The van der Waals surface area contributed by atoms with Gasteiger partial charge in [-0.15, -0.1) is 12.6 Å². The largest absolute Gasteiger partial charge is 0.429 e. The molecule has 0 amide bonds. The Morgan fingerprint density at radius 2 is 1.78 bits per heavy atom. The molecule has 0 spiro atoms. The van der Waals surface area contributed by atoms with Crippen molar-refractivity contribution in [3.05, 3.63) is 81.0 Å². The lowest BCUT2D eigenvalue weighted by Gasteiger charge is -2.15. The molecule has 5 N–H and O–H groups in total. The fourth-order valence-corrected chi connectivity index (χ4v) is 4.80. The molecule has 0 radical (unpaired) electrons. The number of nitrogens with zero attached hydrogens (tertiary/aromatic N) is 2. The number of nitrogens with one attached hydrogen (secondary N) is 1. The minimum absolute atomic E-state index is 0.0395. The number of anilines is 2. The first-order valence-corrected chi connectivity index (χ1v) is 16.6. The van der Waals surface area contributed by atoms with Gasteiger partial charge >= 0.3 is 5.85 Å². The first-order valence-electron chi connectivity index (χ1n) is 14.8. The number of aromatic nitrogens is 2. The molecule has 4 rings (SSSR count). The van der Waals surface area contributed by atoms with Gasteiger partial charge in [0.1, 0.15) is 17.4 Å². The van der Waals surface area contributed by atoms with Crippen LogP contribution in [0.3, 0.4) is 0 Å². The maximum absolute atomic E-state index is 12.9. The normalized spacial score (nSPS) is 13.5. The van der Waals surface area contributed by atoms with Crippen LogP contribution in [0.5, 0.6) is 5.75 Å². The number of alkyl halides is 2. The zero-order chi connectivity index (χ0) is 33.8. The molecule has 3 aromatic rings. The van der Waals surface area contributed by atoms with Crippen molar-refractivity contribution in [2.45, 2.75) is 69.5 Å². The summed E-state index contributed by atoms with van der Waals surface area (Å²) in [5, 5.41) is 4.66. The average molecular weight is 729 g/mol. The standard InChI is InChI=1S/C18H21FN4.C7H6BrF2OPS.C7H14.CH5N/c1-3-4-5-6-16-13(2)22-18(20)23-17(16)21-12-11-14-7-9-15(19)10-8-14;8-4-1-2-6(13)5(3-4)11-7(9,10)12;1-7-5-3-2-4-6-7;1-2/h4-10H,2-3,11-12H2,1H3,(H3,20,21,22,23);1-3,13H,12H2;7H,2-6H2,1H3;2H2,1H3/b5-4-,16-6+;;;. The summed E-state index contributed by atoms with van der Waals surface area (Å²) in [6.45, 7) is 9.00. The van der Waals surface area contributed by atoms with Crippen LogP contribution in [-0.2, 0) is 6.42 Å². The highest BCUT2D eigenvalue weighted by Crippen LogP contribution is 2.33. The van der Waals surface area contributed by atoms with E-state index < -0.39 is 5.85 Å². The summed E-state index contributed by atoms with van der Waals surface area (Å²) >= 11 is 7.11. The number of thiol groups is 1. The zero-order valence-corrected chi connectivity index (χ0v) is 29.8. The fraction of sp³-hybridized carbons (Fsp3) is 0.394. The van der Waals surface area contributed by atoms with E-state index in [4.69, 9.17) is 5.73 Å². The molecule has 1 atom stereocenters. The van der Waals surface area contributed by atoms with Gasteiger partial charge in [0.2, 0.25) is 5.95 Å². The van der Waals surface area contributed by atoms with E-state index in [2.05, 4.69) is 74.7 Å². The average Bonchev–Trinajstić information content (AvgIpc) is 2.99. The molecule has 1 aromatic heterocycles. The van der Waals surface area contributed by atoms with Crippen molar-refractivity contribution in [3.8, 4) is 5.75 Å². The van der Waals surface area contributed by atoms with Gasteiger partial charge in [-0.3, -0.25) is 0 Å². The Morgan fingerprint density at radius 1 is 1.13 bits per heavy atom. The number of allylic oxidation sites excluding steroid dienone is 2. The lowest BCUT2D eigenvalue weighted by atomic mass is 9.91. The lowest BCUT2D eigenvalue weighted by molar-refractivity contribution is -0.0908. The molecule has 12 heteroatoms. The number of nitrogens with two attached hydrogens (primary N) is 2. The van der Waals surface area contributed by atoms with Crippen molar-refractivity contribution < 1.29 is 17.9 Å². The fourth-order valence-electron chi connectivity index (χ4n) is 4.14. The number of ether oxygens (including phenoxy) is 1. The number of halogens is 4. The van der Waals surface area contributed by atoms with Crippen molar-refractivity contribution in [1.29, 1.82) is 0 Å². The van der Waals surface area contributed by atoms with Gasteiger partial charge in [0, 0.05) is 21.1 Å². The Kier molecular flexibility index (Phi) is 19.8. The second-order valence-corrected chi connectivity index (χ2v) is 12.2. The van der Waals surface area contributed by atoms with E-state index in [9.17, 15) is 13.2 Å². The summed E-state index contributed by atoms with van der Waals surface area (Å²) < 4.78 is 42.7.